The summed E-state index contributed by atoms with van der Waals surface area (Å²) in [4.78, 5) is 0. The van der Waals surface area contributed by atoms with E-state index in [1.807, 2.05) is 36.0 Å². The summed E-state index contributed by atoms with van der Waals surface area (Å²) in [6.07, 6.45) is 3.32. The van der Waals surface area contributed by atoms with Crippen LogP contribution in [0.5, 0.6) is 0 Å². The Morgan fingerprint density at radius 3 is 2.56 bits per heavy atom. The predicted octanol–water partition coefficient (Wildman–Crippen LogP) is 2.04. The molecule has 0 bridgehead atoms. The molecule has 0 spiro atoms. The number of hydrogen-bond donors (Lipinski definition) is 0. The van der Waals surface area contributed by atoms with E-state index in [0.717, 1.165) is 5.69 Å². The monoisotopic (exact) mass is 273 g/mol. The number of aromatic nitrogens is 1. The summed E-state index contributed by atoms with van der Waals surface area (Å²) in [5, 5.41) is 3.65. The third-order valence-corrected chi connectivity index (χ3v) is 3.44. The topological polar surface area (TPSA) is 61.0 Å². The molecule has 1 heterocycles. The maximum Gasteiger partial charge on any atom is 0.550 e. The van der Waals surface area contributed by atoms with Crippen LogP contribution in [-0.2, 0) is 25.3 Å². The molecule has 1 aromatic rings. The highest BCUT2D eigenvalue weighted by Gasteiger charge is 2.26. The van der Waals surface area contributed by atoms with Crippen molar-refractivity contribution in [1.29, 1.82) is 0 Å². The minimum absolute atomic E-state index is 0.228. The summed E-state index contributed by atoms with van der Waals surface area (Å²) in [5.74, 6) is 0. The minimum atomic E-state index is -3.58. The van der Waals surface area contributed by atoms with Gasteiger partial charge in [-0.25, -0.2) is 9.13 Å². The Morgan fingerprint density at radius 2 is 2.00 bits per heavy atom. The predicted molar refractivity (Wildman–Crippen MR) is 67.2 cm³/mol. The van der Waals surface area contributed by atoms with E-state index in [2.05, 4.69) is 5.16 Å². The average molecular weight is 273 g/mol. The fourth-order valence-electron chi connectivity index (χ4n) is 1.21. The van der Waals surface area contributed by atoms with Gasteiger partial charge in [0, 0.05) is 12.1 Å². The lowest BCUT2D eigenvalue weighted by Gasteiger charge is -2.12. The van der Waals surface area contributed by atoms with Crippen LogP contribution in [-0.4, -0.2) is 19.4 Å². The fraction of sp³-hybridized carbons (Fsp3) is 0.455. The van der Waals surface area contributed by atoms with E-state index in [-0.39, 0.29) is 13.2 Å². The second-order valence-electron chi connectivity index (χ2n) is 3.34. The van der Waals surface area contributed by atoms with E-state index in [4.69, 9.17) is 13.7 Å². The van der Waals surface area contributed by atoms with Crippen molar-refractivity contribution in [2.45, 2.75) is 13.8 Å². The smallest absolute Gasteiger partial charge is 0.292 e. The van der Waals surface area contributed by atoms with E-state index in [9.17, 15) is 4.57 Å². The molecule has 0 aromatic carbocycles. The summed E-state index contributed by atoms with van der Waals surface area (Å²) >= 11 is 0. The van der Waals surface area contributed by atoms with Crippen molar-refractivity contribution in [3.8, 4) is 0 Å². The molecule has 0 saturated carbocycles. The lowest BCUT2D eigenvalue weighted by Crippen LogP contribution is -2.32. The standard InChI is InChI=1S/C11H18N2O4P/c1-4-15-18(14,16-5-2)17-12-10-11-8-6-7-9-13(11)3/h6-10H,4-5H2,1-3H3/q+1/b12-10+. The zero-order valence-corrected chi connectivity index (χ0v) is 11.7. The highest BCUT2D eigenvalue weighted by molar-refractivity contribution is 7.48. The molecule has 0 saturated heterocycles. The van der Waals surface area contributed by atoms with Crippen LogP contribution in [0.3, 0.4) is 0 Å². The maximum atomic E-state index is 11.9. The number of rotatable bonds is 7. The minimum Gasteiger partial charge on any atom is -0.292 e. The molecule has 0 aliphatic rings. The number of hydrogen-bond acceptors (Lipinski definition) is 5. The molecule has 0 atom stereocenters. The van der Waals surface area contributed by atoms with Gasteiger partial charge >= 0.3 is 7.82 Å². The van der Waals surface area contributed by atoms with Gasteiger partial charge < -0.3 is 0 Å². The molecular formula is C11H18N2O4P+. The van der Waals surface area contributed by atoms with Gasteiger partial charge in [-0.2, -0.15) is 0 Å². The number of phosphoric acid groups is 1. The van der Waals surface area contributed by atoms with Crippen molar-refractivity contribution >= 4 is 14.0 Å². The van der Waals surface area contributed by atoms with Crippen LogP contribution >= 0.6 is 7.82 Å². The first-order chi connectivity index (χ1) is 8.61. The molecule has 6 nitrogen and oxygen atoms in total. The quantitative estimate of drug-likeness (QED) is 0.330. The number of phosphoric ester groups is 1. The van der Waals surface area contributed by atoms with Crippen molar-refractivity contribution in [2.75, 3.05) is 13.2 Å². The van der Waals surface area contributed by atoms with Crippen LogP contribution in [0.15, 0.2) is 29.6 Å². The van der Waals surface area contributed by atoms with Gasteiger partial charge in [-0.05, 0) is 19.9 Å². The van der Waals surface area contributed by atoms with Crippen molar-refractivity contribution in [3.05, 3.63) is 30.1 Å². The van der Waals surface area contributed by atoms with Crippen LogP contribution in [0.2, 0.25) is 0 Å². The molecule has 100 valence electrons. The summed E-state index contributed by atoms with van der Waals surface area (Å²) in [6, 6.07) is 5.61. The van der Waals surface area contributed by atoms with Gasteiger partial charge in [0.1, 0.15) is 13.3 Å². The van der Waals surface area contributed by atoms with Crippen LogP contribution in [0.1, 0.15) is 19.5 Å². The zero-order chi connectivity index (χ0) is 13.4. The Labute approximate surface area is 107 Å². The molecule has 0 aliphatic heterocycles. The Bertz CT molecular complexity index is 440. The molecular weight excluding hydrogens is 255 g/mol. The third kappa shape index (κ3) is 4.56. The Morgan fingerprint density at radius 1 is 1.33 bits per heavy atom. The lowest BCUT2D eigenvalue weighted by atomic mass is 10.4. The molecule has 0 radical (unpaired) electrons. The van der Waals surface area contributed by atoms with Crippen molar-refractivity contribution in [2.24, 2.45) is 12.2 Å². The second kappa shape index (κ2) is 7.26. The third-order valence-electron chi connectivity index (χ3n) is 2.00. The molecule has 0 N–H and O–H groups in total. The van der Waals surface area contributed by atoms with Crippen LogP contribution in [0.25, 0.3) is 0 Å². The van der Waals surface area contributed by atoms with Crippen LogP contribution in [0.4, 0.5) is 0 Å². The van der Waals surface area contributed by atoms with Gasteiger partial charge in [0.2, 0.25) is 5.69 Å². The number of oxime groups is 1. The number of aryl methyl sites for hydroxylation is 1. The first kappa shape index (κ1) is 14.8. The normalized spacial score (nSPS) is 11.9. The summed E-state index contributed by atoms with van der Waals surface area (Å²) in [6.45, 7) is 3.86. The highest BCUT2D eigenvalue weighted by Crippen LogP contribution is 2.49. The summed E-state index contributed by atoms with van der Waals surface area (Å²) in [5.41, 5.74) is 0.803. The van der Waals surface area contributed by atoms with E-state index in [1.165, 1.54) is 6.21 Å². The van der Waals surface area contributed by atoms with Crippen molar-refractivity contribution in [3.63, 3.8) is 0 Å². The fourth-order valence-corrected chi connectivity index (χ4v) is 2.17. The first-order valence-corrected chi connectivity index (χ1v) is 7.13. The van der Waals surface area contributed by atoms with E-state index in [1.54, 1.807) is 13.8 Å². The average Bonchev–Trinajstić information content (AvgIpc) is 2.32. The molecule has 0 unspecified atom stereocenters. The molecule has 0 fully saturated rings. The van der Waals surface area contributed by atoms with Gasteiger partial charge in [-0.3, -0.25) is 13.7 Å². The van der Waals surface area contributed by atoms with E-state index in [0.29, 0.717) is 0 Å². The van der Waals surface area contributed by atoms with Crippen LogP contribution in [0, 0.1) is 0 Å². The lowest BCUT2D eigenvalue weighted by molar-refractivity contribution is -0.672. The van der Waals surface area contributed by atoms with E-state index < -0.39 is 7.82 Å². The SMILES string of the molecule is CCOP(=O)(OCC)O/N=C/c1cccc[n+]1C. The maximum absolute atomic E-state index is 11.9. The summed E-state index contributed by atoms with van der Waals surface area (Å²) < 4.78 is 28.4. The van der Waals surface area contributed by atoms with Crippen LogP contribution < -0.4 is 4.57 Å². The second-order valence-corrected chi connectivity index (χ2v) is 4.91. The summed E-state index contributed by atoms with van der Waals surface area (Å²) in [7, 11) is -1.71. The van der Waals surface area contributed by atoms with E-state index >= 15 is 0 Å². The number of pyridine rings is 1. The van der Waals surface area contributed by atoms with Gasteiger partial charge in [-0.15, -0.1) is 0 Å². The highest BCUT2D eigenvalue weighted by atomic mass is 31.2. The largest absolute Gasteiger partial charge is 0.550 e. The zero-order valence-electron chi connectivity index (χ0n) is 10.8. The molecule has 7 heteroatoms. The van der Waals surface area contributed by atoms with Crippen molar-refractivity contribution < 1.29 is 22.8 Å². The Kier molecular flexibility index (Phi) is 5.98. The molecule has 1 rings (SSSR count). The van der Waals surface area contributed by atoms with Gasteiger partial charge in [0.05, 0.1) is 13.2 Å². The Balaban J connectivity index is 2.68. The molecule has 0 amide bonds. The Hall–Kier alpha value is -1.23. The number of nitrogens with zero attached hydrogens (tertiary/aromatic N) is 2. The van der Waals surface area contributed by atoms with Gasteiger partial charge in [0.25, 0.3) is 0 Å². The van der Waals surface area contributed by atoms with Crippen molar-refractivity contribution in [1.82, 2.24) is 0 Å². The molecule has 1 aromatic heterocycles. The van der Waals surface area contributed by atoms with Gasteiger partial charge in [-0.1, -0.05) is 5.16 Å². The van der Waals surface area contributed by atoms with Gasteiger partial charge in [0.15, 0.2) is 6.20 Å². The first-order valence-electron chi connectivity index (χ1n) is 5.67. The molecule has 0 aliphatic carbocycles. The molecule has 18 heavy (non-hydrogen) atoms.